The van der Waals surface area contributed by atoms with Crippen LogP contribution in [0.2, 0.25) is 0 Å². The Morgan fingerprint density at radius 1 is 1.04 bits per heavy atom. The molecule has 1 heterocycles. The van der Waals surface area contributed by atoms with Crippen LogP contribution < -0.4 is 9.64 Å². The quantitative estimate of drug-likeness (QED) is 0.693. The van der Waals surface area contributed by atoms with Crippen LogP contribution in [0.1, 0.15) is 22.3 Å². The van der Waals surface area contributed by atoms with Gasteiger partial charge in [-0.2, -0.15) is 13.2 Å². The smallest absolute Gasteiger partial charge is 0.416 e. The summed E-state index contributed by atoms with van der Waals surface area (Å²) in [6, 6.07) is 12.5. The summed E-state index contributed by atoms with van der Waals surface area (Å²) < 4.78 is 43.8. The lowest BCUT2D eigenvalue weighted by Crippen LogP contribution is -2.47. The molecule has 3 rings (SSSR count). The van der Waals surface area contributed by atoms with Crippen molar-refractivity contribution < 1.29 is 22.7 Å². The van der Waals surface area contributed by atoms with Crippen LogP contribution in [0.5, 0.6) is 5.75 Å². The molecule has 0 aromatic heterocycles. The lowest BCUT2D eigenvalue weighted by molar-refractivity contribution is -0.137. The number of carbonyl (C=O) groups is 1. The molecule has 0 saturated carbocycles. The number of piperazine rings is 1. The number of carbonyl (C=O) groups excluding carboxylic acids is 1. The molecule has 0 amide bonds. The van der Waals surface area contributed by atoms with Gasteiger partial charge in [-0.05, 0) is 42.5 Å². The Balaban J connectivity index is 1.49. The Labute approximate surface area is 162 Å². The summed E-state index contributed by atoms with van der Waals surface area (Å²) >= 11 is 0. The Morgan fingerprint density at radius 2 is 1.71 bits per heavy atom. The topological polar surface area (TPSA) is 32.8 Å². The number of ether oxygens (including phenoxy) is 1. The first kappa shape index (κ1) is 20.2. The van der Waals surface area contributed by atoms with Gasteiger partial charge in [0.25, 0.3) is 0 Å². The zero-order chi connectivity index (χ0) is 20.1. The van der Waals surface area contributed by atoms with E-state index in [9.17, 15) is 18.0 Å². The maximum Gasteiger partial charge on any atom is 0.416 e. The highest BCUT2D eigenvalue weighted by molar-refractivity contribution is 5.96. The number of Topliss-reactive ketones (excluding diaryl/α,β-unsaturated/α-hetero) is 1. The van der Waals surface area contributed by atoms with Crippen LogP contribution >= 0.6 is 0 Å². The van der Waals surface area contributed by atoms with E-state index in [1.807, 2.05) is 4.90 Å². The van der Waals surface area contributed by atoms with Crippen molar-refractivity contribution in [3.05, 3.63) is 59.7 Å². The second-order valence-electron chi connectivity index (χ2n) is 6.78. The Kier molecular flexibility index (Phi) is 6.24. The third-order valence-electron chi connectivity index (χ3n) is 4.98. The van der Waals surface area contributed by atoms with Crippen LogP contribution in [-0.4, -0.2) is 50.5 Å². The lowest BCUT2D eigenvalue weighted by atomic mass is 10.1. The van der Waals surface area contributed by atoms with E-state index in [1.54, 1.807) is 37.4 Å². The largest absolute Gasteiger partial charge is 0.497 e. The Bertz CT molecular complexity index is 798. The summed E-state index contributed by atoms with van der Waals surface area (Å²) in [6.45, 7) is 3.34. The van der Waals surface area contributed by atoms with Gasteiger partial charge in [0.15, 0.2) is 5.78 Å². The molecule has 0 atom stereocenters. The highest BCUT2D eigenvalue weighted by Crippen LogP contribution is 2.31. The molecule has 0 radical (unpaired) electrons. The van der Waals surface area contributed by atoms with Crippen molar-refractivity contribution >= 4 is 11.5 Å². The fourth-order valence-corrected chi connectivity index (χ4v) is 3.29. The van der Waals surface area contributed by atoms with Crippen molar-refractivity contribution in [3.63, 3.8) is 0 Å². The van der Waals surface area contributed by atoms with Crippen molar-refractivity contribution in [1.82, 2.24) is 4.90 Å². The van der Waals surface area contributed by atoms with Gasteiger partial charge in [-0.1, -0.05) is 6.07 Å². The van der Waals surface area contributed by atoms with E-state index in [-0.39, 0.29) is 5.78 Å². The van der Waals surface area contributed by atoms with Gasteiger partial charge in [0.2, 0.25) is 0 Å². The van der Waals surface area contributed by atoms with Gasteiger partial charge < -0.3 is 9.64 Å². The molecule has 0 bridgehead atoms. The highest BCUT2D eigenvalue weighted by Gasteiger charge is 2.31. The summed E-state index contributed by atoms with van der Waals surface area (Å²) in [4.78, 5) is 16.4. The van der Waals surface area contributed by atoms with Crippen LogP contribution in [0.15, 0.2) is 48.5 Å². The Hall–Kier alpha value is -2.54. The molecule has 1 fully saturated rings. The number of hydrogen-bond acceptors (Lipinski definition) is 4. The molecular formula is C21H23F3N2O2. The van der Waals surface area contributed by atoms with E-state index in [2.05, 4.69) is 4.90 Å². The molecule has 0 unspecified atom stereocenters. The third kappa shape index (κ3) is 5.04. The first-order valence-corrected chi connectivity index (χ1v) is 9.18. The zero-order valence-electron chi connectivity index (χ0n) is 15.7. The van der Waals surface area contributed by atoms with Gasteiger partial charge in [-0.3, -0.25) is 9.69 Å². The second kappa shape index (κ2) is 8.65. The molecule has 0 aliphatic carbocycles. The average molecular weight is 392 g/mol. The van der Waals surface area contributed by atoms with Crippen LogP contribution in [0.25, 0.3) is 0 Å². The first-order valence-electron chi connectivity index (χ1n) is 9.18. The minimum absolute atomic E-state index is 0.0722. The maximum atomic E-state index is 12.9. The molecule has 1 aliphatic rings. The number of anilines is 1. The van der Waals surface area contributed by atoms with E-state index in [0.717, 1.165) is 6.07 Å². The monoisotopic (exact) mass is 392 g/mol. The fraction of sp³-hybridized carbons (Fsp3) is 0.381. The molecule has 28 heavy (non-hydrogen) atoms. The van der Waals surface area contributed by atoms with Crippen molar-refractivity contribution in [2.75, 3.05) is 44.7 Å². The number of nitrogens with zero attached hydrogens (tertiary/aromatic N) is 2. The molecule has 7 heteroatoms. The third-order valence-corrected chi connectivity index (χ3v) is 4.98. The number of alkyl halides is 3. The maximum absolute atomic E-state index is 12.9. The number of halogens is 3. The fourth-order valence-electron chi connectivity index (χ4n) is 3.29. The number of ketones is 1. The van der Waals surface area contributed by atoms with Gasteiger partial charge in [0.1, 0.15) is 5.75 Å². The Morgan fingerprint density at radius 3 is 2.32 bits per heavy atom. The van der Waals surface area contributed by atoms with E-state index in [0.29, 0.717) is 56.1 Å². The number of methoxy groups -OCH3 is 1. The van der Waals surface area contributed by atoms with E-state index < -0.39 is 11.7 Å². The van der Waals surface area contributed by atoms with Gasteiger partial charge in [0, 0.05) is 50.4 Å². The van der Waals surface area contributed by atoms with E-state index in [4.69, 9.17) is 4.74 Å². The molecule has 150 valence electrons. The van der Waals surface area contributed by atoms with E-state index in [1.165, 1.54) is 12.1 Å². The highest BCUT2D eigenvalue weighted by atomic mass is 19.4. The van der Waals surface area contributed by atoms with Gasteiger partial charge in [-0.15, -0.1) is 0 Å². The molecule has 4 nitrogen and oxygen atoms in total. The zero-order valence-corrected chi connectivity index (χ0v) is 15.7. The molecule has 0 spiro atoms. The number of benzene rings is 2. The molecule has 2 aromatic carbocycles. The van der Waals surface area contributed by atoms with Gasteiger partial charge >= 0.3 is 6.18 Å². The predicted octanol–water partition coefficient (Wildman–Crippen LogP) is 4.11. The van der Waals surface area contributed by atoms with Crippen LogP contribution in [0.4, 0.5) is 18.9 Å². The molecule has 0 N–H and O–H groups in total. The van der Waals surface area contributed by atoms with Crippen molar-refractivity contribution in [2.45, 2.75) is 12.6 Å². The molecule has 1 aliphatic heterocycles. The first-order chi connectivity index (χ1) is 13.4. The minimum atomic E-state index is -4.33. The summed E-state index contributed by atoms with van der Waals surface area (Å²) in [5.41, 5.74) is 0.615. The normalized spacial score (nSPS) is 15.5. The second-order valence-corrected chi connectivity index (χ2v) is 6.78. The molecular weight excluding hydrogens is 369 g/mol. The van der Waals surface area contributed by atoms with Crippen LogP contribution in [0.3, 0.4) is 0 Å². The van der Waals surface area contributed by atoms with Crippen molar-refractivity contribution in [2.24, 2.45) is 0 Å². The molecule has 2 aromatic rings. The number of rotatable bonds is 6. The lowest BCUT2D eigenvalue weighted by Gasteiger charge is -2.36. The van der Waals surface area contributed by atoms with E-state index >= 15 is 0 Å². The standard InChI is InChI=1S/C21H23F3N2O2/c1-28-19-7-5-16(6-8-19)20(27)9-10-25-11-13-26(14-12-25)18-4-2-3-17(15-18)21(22,23)24/h2-8,15H,9-14H2,1H3. The molecule has 1 saturated heterocycles. The van der Waals surface area contributed by atoms with Crippen LogP contribution in [-0.2, 0) is 6.18 Å². The summed E-state index contributed by atoms with van der Waals surface area (Å²) in [7, 11) is 1.58. The van der Waals surface area contributed by atoms with Crippen LogP contribution in [0, 0.1) is 0 Å². The number of hydrogen-bond donors (Lipinski definition) is 0. The summed E-state index contributed by atoms with van der Waals surface area (Å²) in [6.07, 6.45) is -3.92. The van der Waals surface area contributed by atoms with Crippen molar-refractivity contribution in [3.8, 4) is 5.75 Å². The average Bonchev–Trinajstić information content (AvgIpc) is 2.72. The minimum Gasteiger partial charge on any atom is -0.497 e. The summed E-state index contributed by atoms with van der Waals surface area (Å²) in [5, 5.41) is 0. The van der Waals surface area contributed by atoms with Gasteiger partial charge in [-0.25, -0.2) is 0 Å². The van der Waals surface area contributed by atoms with Gasteiger partial charge in [0.05, 0.1) is 12.7 Å². The SMILES string of the molecule is COc1ccc(C(=O)CCN2CCN(c3cccc(C(F)(F)F)c3)CC2)cc1. The van der Waals surface area contributed by atoms with Crippen molar-refractivity contribution in [1.29, 1.82) is 0 Å². The summed E-state index contributed by atoms with van der Waals surface area (Å²) in [5.74, 6) is 0.783. The predicted molar refractivity (Wildman–Crippen MR) is 102 cm³/mol.